The van der Waals surface area contributed by atoms with Gasteiger partial charge < -0.3 is 26.3 Å². The molecule has 1 aromatic carbocycles. The number of amides is 1. The number of nitrogens with one attached hydrogen (secondary N) is 3. The van der Waals surface area contributed by atoms with E-state index in [1.807, 2.05) is 31.2 Å². The smallest absolute Gasteiger partial charge is 0.255 e. The second-order valence-electron chi connectivity index (χ2n) is 9.03. The predicted molar refractivity (Wildman–Crippen MR) is 138 cm³/mol. The number of carbonyl (C=O) groups excluding carboxylic acids is 1. The number of nitrogens with two attached hydrogens (primary N) is 2. The third-order valence-corrected chi connectivity index (χ3v) is 6.62. The summed E-state index contributed by atoms with van der Waals surface area (Å²) in [7, 11) is 1.76. The van der Waals surface area contributed by atoms with Gasteiger partial charge in [0.2, 0.25) is 5.96 Å². The number of hydrazine groups is 1. The lowest BCUT2D eigenvalue weighted by Crippen LogP contribution is -2.52. The van der Waals surface area contributed by atoms with Crippen molar-refractivity contribution in [1.82, 2.24) is 35.4 Å². The molecule has 13 heteroatoms. The van der Waals surface area contributed by atoms with Crippen LogP contribution >= 0.6 is 0 Å². The fourth-order valence-corrected chi connectivity index (χ4v) is 4.58. The first kappa shape index (κ1) is 23.5. The van der Waals surface area contributed by atoms with Crippen LogP contribution in [0.2, 0.25) is 0 Å². The van der Waals surface area contributed by atoms with E-state index in [0.717, 1.165) is 42.1 Å². The van der Waals surface area contributed by atoms with Gasteiger partial charge in [-0.3, -0.25) is 14.9 Å². The molecule has 3 aromatic rings. The lowest BCUT2D eigenvalue weighted by atomic mass is 10.1. The first-order valence-corrected chi connectivity index (χ1v) is 11.7. The van der Waals surface area contributed by atoms with Gasteiger partial charge in [0.25, 0.3) is 5.91 Å². The molecule has 13 nitrogen and oxygen atoms in total. The van der Waals surface area contributed by atoms with Crippen LogP contribution in [0, 0.1) is 0 Å². The molecule has 1 unspecified atom stereocenters. The van der Waals surface area contributed by atoms with Crippen molar-refractivity contribution in [3.63, 3.8) is 0 Å². The summed E-state index contributed by atoms with van der Waals surface area (Å²) in [6, 6.07) is 7.93. The molecule has 7 N–H and O–H groups in total. The van der Waals surface area contributed by atoms with Crippen molar-refractivity contribution in [2.24, 2.45) is 16.8 Å². The quantitative estimate of drug-likeness (QED) is 0.254. The zero-order chi connectivity index (χ0) is 25.4. The number of carbonyl (C=O) groups is 1. The number of hydrogen-bond donors (Lipinski definition) is 5. The second kappa shape index (κ2) is 9.43. The van der Waals surface area contributed by atoms with E-state index < -0.39 is 0 Å². The highest BCUT2D eigenvalue weighted by Crippen LogP contribution is 2.29. The molecule has 4 heterocycles. The lowest BCUT2D eigenvalue weighted by molar-refractivity contribution is -0.113. The first-order chi connectivity index (χ1) is 17.4. The molecule has 1 saturated heterocycles. The summed E-state index contributed by atoms with van der Waals surface area (Å²) in [5.74, 6) is 12.4. The number of fused-ring (bicyclic) bond motifs is 1. The van der Waals surface area contributed by atoms with Crippen LogP contribution in [0.15, 0.2) is 47.0 Å². The summed E-state index contributed by atoms with van der Waals surface area (Å²) in [6.45, 7) is 6.83. The first-order valence-electron chi connectivity index (χ1n) is 11.7. The molecule has 1 atom stereocenters. The van der Waals surface area contributed by atoms with E-state index in [0.29, 0.717) is 34.6 Å². The number of anilines is 2. The molecule has 0 radical (unpaired) electrons. The highest BCUT2D eigenvalue weighted by molar-refractivity contribution is 6.07. The van der Waals surface area contributed by atoms with Crippen molar-refractivity contribution in [3.8, 4) is 11.4 Å². The molecule has 0 spiro atoms. The number of aromatic nitrogens is 4. The van der Waals surface area contributed by atoms with Gasteiger partial charge in [-0.05, 0) is 32.0 Å². The third-order valence-electron chi connectivity index (χ3n) is 6.62. The zero-order valence-electron chi connectivity index (χ0n) is 20.5. The number of piperazine rings is 1. The SMILES string of the molecule is CC1=C(C(=O)Nc2ccc3[nH]nc(-c4cc(N5CCNC(C)C5)ncn4)c3c2)CN(N)/C(=N\N)N1C. The number of aromatic amines is 1. The molecule has 0 saturated carbocycles. The van der Waals surface area contributed by atoms with Crippen molar-refractivity contribution >= 4 is 34.3 Å². The molecule has 0 aliphatic carbocycles. The molecule has 0 bridgehead atoms. The fraction of sp³-hybridized carbons (Fsp3) is 0.348. The summed E-state index contributed by atoms with van der Waals surface area (Å²) in [6.07, 6.45) is 1.57. The normalized spacial score (nSPS) is 19.9. The van der Waals surface area contributed by atoms with Gasteiger partial charge in [-0.25, -0.2) is 15.8 Å². The Hall–Kier alpha value is -4.23. The van der Waals surface area contributed by atoms with Crippen LogP contribution in [0.5, 0.6) is 0 Å². The van der Waals surface area contributed by atoms with Crippen LogP contribution in [0.4, 0.5) is 11.5 Å². The fourth-order valence-electron chi connectivity index (χ4n) is 4.58. The maximum atomic E-state index is 13.1. The van der Waals surface area contributed by atoms with E-state index in [1.165, 1.54) is 5.01 Å². The van der Waals surface area contributed by atoms with Crippen molar-refractivity contribution in [1.29, 1.82) is 0 Å². The molecule has 2 aromatic heterocycles. The monoisotopic (exact) mass is 490 g/mol. The molecule has 5 rings (SSSR count). The average molecular weight is 491 g/mol. The highest BCUT2D eigenvalue weighted by Gasteiger charge is 2.28. The van der Waals surface area contributed by atoms with E-state index in [4.69, 9.17) is 11.7 Å². The van der Waals surface area contributed by atoms with E-state index in [1.54, 1.807) is 18.3 Å². The van der Waals surface area contributed by atoms with Crippen LogP contribution in [-0.4, -0.2) is 81.2 Å². The maximum absolute atomic E-state index is 13.1. The minimum atomic E-state index is -0.257. The Kier molecular flexibility index (Phi) is 6.16. The number of rotatable bonds is 4. The molecule has 2 aliphatic heterocycles. The number of H-pyrrole nitrogens is 1. The Labute approximate surface area is 208 Å². The number of guanidine groups is 1. The van der Waals surface area contributed by atoms with E-state index in [2.05, 4.69) is 47.7 Å². The van der Waals surface area contributed by atoms with Gasteiger partial charge in [-0.2, -0.15) is 5.10 Å². The van der Waals surface area contributed by atoms with Gasteiger partial charge in [-0.1, -0.05) is 0 Å². The molecule has 1 fully saturated rings. The van der Waals surface area contributed by atoms with Gasteiger partial charge in [0.05, 0.1) is 23.3 Å². The third kappa shape index (κ3) is 4.29. The van der Waals surface area contributed by atoms with Crippen molar-refractivity contribution in [3.05, 3.63) is 41.9 Å². The second-order valence-corrected chi connectivity index (χ2v) is 9.03. The zero-order valence-corrected chi connectivity index (χ0v) is 20.5. The number of nitrogens with zero attached hydrogens (tertiary/aromatic N) is 7. The Morgan fingerprint density at radius 3 is 2.89 bits per heavy atom. The standard InChI is InChI=1S/C23H30N12O/c1-13-10-34(7-6-26-13)20-9-19(27-12-28-20)21-16-8-15(4-5-18(16)31-32-21)29-22(36)17-11-35(25)23(30-24)33(3)14(17)2/h4-5,8-9,12-13,26H,6-7,10-11,24-25H2,1-3H3,(H,29,36)(H,31,32)/b30-23-. The Balaban J connectivity index is 1.42. The van der Waals surface area contributed by atoms with E-state index in [-0.39, 0.29) is 12.5 Å². The van der Waals surface area contributed by atoms with E-state index in [9.17, 15) is 4.79 Å². The van der Waals surface area contributed by atoms with Crippen LogP contribution < -0.4 is 27.2 Å². The van der Waals surface area contributed by atoms with Gasteiger partial charge >= 0.3 is 0 Å². The van der Waals surface area contributed by atoms with Crippen LogP contribution in [0.1, 0.15) is 13.8 Å². The Bertz CT molecular complexity index is 1360. The highest BCUT2D eigenvalue weighted by atomic mass is 16.1. The minimum Gasteiger partial charge on any atom is -0.354 e. The van der Waals surface area contributed by atoms with Crippen LogP contribution in [0.3, 0.4) is 0 Å². The average Bonchev–Trinajstić information content (AvgIpc) is 3.30. The van der Waals surface area contributed by atoms with Crippen molar-refractivity contribution in [2.75, 3.05) is 43.4 Å². The molecular formula is C23H30N12O. The summed E-state index contributed by atoms with van der Waals surface area (Å²) in [5, 5.41) is 19.9. The molecule has 1 amide bonds. The molecule has 2 aliphatic rings. The van der Waals surface area contributed by atoms with Gasteiger partial charge in [0.15, 0.2) is 0 Å². The van der Waals surface area contributed by atoms with Gasteiger partial charge in [0, 0.05) is 55.6 Å². The van der Waals surface area contributed by atoms with Gasteiger partial charge in [0.1, 0.15) is 17.8 Å². The van der Waals surface area contributed by atoms with Crippen molar-refractivity contribution in [2.45, 2.75) is 19.9 Å². The van der Waals surface area contributed by atoms with Crippen LogP contribution in [0.25, 0.3) is 22.3 Å². The lowest BCUT2D eigenvalue weighted by Gasteiger charge is -2.35. The summed E-state index contributed by atoms with van der Waals surface area (Å²) >= 11 is 0. The largest absolute Gasteiger partial charge is 0.354 e. The molecular weight excluding hydrogens is 460 g/mol. The van der Waals surface area contributed by atoms with E-state index >= 15 is 0 Å². The van der Waals surface area contributed by atoms with Crippen LogP contribution in [-0.2, 0) is 4.79 Å². The summed E-state index contributed by atoms with van der Waals surface area (Å²) in [5.41, 5.74) is 4.11. The molecule has 36 heavy (non-hydrogen) atoms. The predicted octanol–water partition coefficient (Wildman–Crippen LogP) is 0.381. The summed E-state index contributed by atoms with van der Waals surface area (Å²) in [4.78, 5) is 26.0. The van der Waals surface area contributed by atoms with Crippen molar-refractivity contribution < 1.29 is 4.79 Å². The number of allylic oxidation sites excluding steroid dienone is 1. The summed E-state index contributed by atoms with van der Waals surface area (Å²) < 4.78 is 0. The number of hydrogen-bond acceptors (Lipinski definition) is 9. The topological polar surface area (TPSA) is 170 Å². The Morgan fingerprint density at radius 2 is 2.11 bits per heavy atom. The minimum absolute atomic E-state index is 0.186. The number of benzene rings is 1. The number of hydrazone groups is 1. The maximum Gasteiger partial charge on any atom is 0.255 e. The van der Waals surface area contributed by atoms with Gasteiger partial charge in [-0.15, -0.1) is 5.10 Å². The Morgan fingerprint density at radius 1 is 1.28 bits per heavy atom. The molecule has 188 valence electrons.